The van der Waals surface area contributed by atoms with Crippen molar-refractivity contribution in [2.24, 2.45) is 0 Å². The van der Waals surface area contributed by atoms with E-state index in [1.165, 1.54) is 40.8 Å². The molecule has 1 amide bonds. The van der Waals surface area contributed by atoms with Crippen molar-refractivity contribution in [3.63, 3.8) is 0 Å². The van der Waals surface area contributed by atoms with Crippen LogP contribution in [0.5, 0.6) is 5.75 Å². The summed E-state index contributed by atoms with van der Waals surface area (Å²) in [7, 11) is 0. The van der Waals surface area contributed by atoms with Crippen LogP contribution in [0.25, 0.3) is 0 Å². The summed E-state index contributed by atoms with van der Waals surface area (Å²) in [5.41, 5.74) is 4.51. The number of likely N-dealkylation sites (tertiary alicyclic amines) is 1. The second-order valence-electron chi connectivity index (χ2n) is 8.50. The quantitative estimate of drug-likeness (QED) is 0.522. The summed E-state index contributed by atoms with van der Waals surface area (Å²) in [5.74, 6) is 0.853. The maximum atomic E-state index is 13.0. The average Bonchev–Trinajstić information content (AvgIpc) is 3.09. The van der Waals surface area contributed by atoms with Crippen molar-refractivity contribution < 1.29 is 14.4 Å². The van der Waals surface area contributed by atoms with Crippen LogP contribution in [0.1, 0.15) is 64.2 Å². The van der Waals surface area contributed by atoms with E-state index in [4.69, 9.17) is 4.74 Å². The minimum Gasteiger partial charge on any atom is -0.494 e. The molecule has 1 aromatic heterocycles. The molecule has 4 nitrogen and oxygen atoms in total. The molecular weight excluding hydrogens is 416 g/mol. The number of hydrogen-bond acceptors (Lipinski definition) is 3. The molecule has 3 aromatic rings. The Morgan fingerprint density at radius 3 is 2.38 bits per heavy atom. The van der Waals surface area contributed by atoms with Gasteiger partial charge < -0.3 is 15.0 Å². The predicted octanol–water partition coefficient (Wildman–Crippen LogP) is 5.17. The molecule has 2 aromatic carbocycles. The zero-order valence-electron chi connectivity index (χ0n) is 19.2. The lowest BCUT2D eigenvalue weighted by Gasteiger charge is -2.33. The van der Waals surface area contributed by atoms with Crippen LogP contribution in [0.15, 0.2) is 54.6 Å². The number of rotatable bonds is 7. The maximum Gasteiger partial charge on any atom is 0.256 e. The molecule has 0 bridgehead atoms. The molecule has 1 aliphatic heterocycles. The smallest absolute Gasteiger partial charge is 0.256 e. The molecule has 2 heterocycles. The molecule has 1 atom stereocenters. The van der Waals surface area contributed by atoms with Crippen LogP contribution in [0, 0.1) is 13.8 Å². The topological polar surface area (TPSA) is 42.8 Å². The van der Waals surface area contributed by atoms with E-state index in [9.17, 15) is 4.79 Å². The third-order valence-corrected chi connectivity index (χ3v) is 7.55. The van der Waals surface area contributed by atoms with Gasteiger partial charge >= 0.3 is 0 Å². The van der Waals surface area contributed by atoms with Gasteiger partial charge in [0.05, 0.1) is 25.3 Å². The molecule has 1 aliphatic rings. The highest BCUT2D eigenvalue weighted by molar-refractivity contribution is 7.16. The lowest BCUT2D eigenvalue weighted by atomic mass is 9.93. The third kappa shape index (κ3) is 4.89. The SMILES string of the molecule is CCOc1ccc([C@H](c2c(NC(=O)c3ccccc3)sc(C)c2C)[NH+]2CCCCC2)cc1. The number of nitrogens with one attached hydrogen (secondary N) is 2. The minimum absolute atomic E-state index is 0.0489. The Balaban J connectivity index is 1.74. The van der Waals surface area contributed by atoms with E-state index in [0.29, 0.717) is 12.2 Å². The first-order valence-electron chi connectivity index (χ1n) is 11.6. The van der Waals surface area contributed by atoms with E-state index in [-0.39, 0.29) is 11.9 Å². The van der Waals surface area contributed by atoms with Gasteiger partial charge in [0.2, 0.25) is 0 Å². The van der Waals surface area contributed by atoms with Crippen molar-refractivity contribution in [2.45, 2.75) is 46.1 Å². The monoisotopic (exact) mass is 449 g/mol. The van der Waals surface area contributed by atoms with E-state index in [1.807, 2.05) is 37.3 Å². The number of amides is 1. The molecule has 1 fully saturated rings. The number of piperidine rings is 1. The summed E-state index contributed by atoms with van der Waals surface area (Å²) in [5, 5.41) is 4.23. The number of ether oxygens (including phenoxy) is 1. The largest absolute Gasteiger partial charge is 0.494 e. The van der Waals surface area contributed by atoms with E-state index >= 15 is 0 Å². The molecule has 4 rings (SSSR count). The highest BCUT2D eigenvalue weighted by Crippen LogP contribution is 2.39. The Morgan fingerprint density at radius 1 is 1.03 bits per heavy atom. The number of carbonyl (C=O) groups is 1. The van der Waals surface area contributed by atoms with Gasteiger partial charge in [-0.2, -0.15) is 0 Å². The summed E-state index contributed by atoms with van der Waals surface area (Å²) in [4.78, 5) is 15.9. The third-order valence-electron chi connectivity index (χ3n) is 6.41. The predicted molar refractivity (Wildman–Crippen MR) is 132 cm³/mol. The maximum absolute atomic E-state index is 13.0. The fourth-order valence-electron chi connectivity index (χ4n) is 4.67. The van der Waals surface area contributed by atoms with Crippen molar-refractivity contribution in [1.29, 1.82) is 0 Å². The van der Waals surface area contributed by atoms with Gasteiger partial charge in [0, 0.05) is 16.0 Å². The van der Waals surface area contributed by atoms with Crippen LogP contribution in [0.4, 0.5) is 5.00 Å². The molecule has 1 saturated heterocycles. The van der Waals surface area contributed by atoms with Crippen LogP contribution in [-0.2, 0) is 0 Å². The van der Waals surface area contributed by atoms with Crippen molar-refractivity contribution in [3.8, 4) is 5.75 Å². The lowest BCUT2D eigenvalue weighted by molar-refractivity contribution is -0.930. The Morgan fingerprint density at radius 2 is 1.72 bits per heavy atom. The number of benzene rings is 2. The molecule has 5 heteroatoms. The van der Waals surface area contributed by atoms with E-state index in [2.05, 4.69) is 43.4 Å². The summed E-state index contributed by atoms with van der Waals surface area (Å²) < 4.78 is 5.68. The van der Waals surface area contributed by atoms with Crippen LogP contribution >= 0.6 is 11.3 Å². The molecular formula is C27H33N2O2S+. The van der Waals surface area contributed by atoms with Crippen molar-refractivity contribution >= 4 is 22.2 Å². The number of hydrogen-bond donors (Lipinski definition) is 2. The fourth-order valence-corrected chi connectivity index (χ4v) is 5.77. The minimum atomic E-state index is -0.0489. The van der Waals surface area contributed by atoms with Crippen molar-refractivity contribution in [1.82, 2.24) is 0 Å². The average molecular weight is 450 g/mol. The molecule has 0 aliphatic carbocycles. The molecule has 0 saturated carbocycles. The van der Waals surface area contributed by atoms with Crippen LogP contribution in [0.3, 0.4) is 0 Å². The fraction of sp³-hybridized carbons (Fsp3) is 0.370. The van der Waals surface area contributed by atoms with Gasteiger partial charge in [0.1, 0.15) is 16.8 Å². The Kier molecular flexibility index (Phi) is 7.28. The number of anilines is 1. The highest BCUT2D eigenvalue weighted by atomic mass is 32.1. The molecule has 32 heavy (non-hydrogen) atoms. The summed E-state index contributed by atoms with van der Waals surface area (Å²) in [6.45, 7) is 9.33. The van der Waals surface area contributed by atoms with Gasteiger partial charge in [0.25, 0.3) is 5.91 Å². The Labute approximate surface area is 195 Å². The van der Waals surface area contributed by atoms with Gasteiger partial charge in [-0.25, -0.2) is 0 Å². The van der Waals surface area contributed by atoms with Crippen LogP contribution < -0.4 is 15.0 Å². The zero-order valence-corrected chi connectivity index (χ0v) is 20.1. The highest BCUT2D eigenvalue weighted by Gasteiger charge is 2.33. The molecule has 0 unspecified atom stereocenters. The second-order valence-corrected chi connectivity index (χ2v) is 9.72. The van der Waals surface area contributed by atoms with Crippen molar-refractivity contribution in [2.75, 3.05) is 25.0 Å². The van der Waals surface area contributed by atoms with Gasteiger partial charge in [-0.05, 0) is 82.0 Å². The molecule has 0 radical (unpaired) electrons. The number of aryl methyl sites for hydroxylation is 1. The van der Waals surface area contributed by atoms with Crippen LogP contribution in [0.2, 0.25) is 0 Å². The van der Waals surface area contributed by atoms with Gasteiger partial charge in [-0.1, -0.05) is 18.2 Å². The standard InChI is InChI=1S/C27H32N2O2S/c1-4-31-23-15-13-21(14-16-23)25(29-17-9-6-10-18-29)24-19(2)20(3)32-27(24)28-26(30)22-11-7-5-8-12-22/h5,7-8,11-16,25H,4,6,9-10,17-18H2,1-3H3,(H,28,30)/p+1/t25-/m1/s1. The first-order chi connectivity index (χ1) is 15.6. The second kappa shape index (κ2) is 10.3. The number of carbonyl (C=O) groups excluding carboxylic acids is 1. The van der Waals surface area contributed by atoms with Gasteiger partial charge in [0.15, 0.2) is 0 Å². The lowest BCUT2D eigenvalue weighted by Crippen LogP contribution is -3.13. The normalized spacial score (nSPS) is 15.3. The van der Waals surface area contributed by atoms with E-state index in [0.717, 1.165) is 23.8 Å². The first kappa shape index (κ1) is 22.6. The molecule has 0 spiro atoms. The number of thiophene rings is 1. The Bertz CT molecular complexity index is 1040. The zero-order chi connectivity index (χ0) is 22.5. The van der Waals surface area contributed by atoms with Crippen molar-refractivity contribution in [3.05, 3.63) is 81.7 Å². The van der Waals surface area contributed by atoms with Gasteiger partial charge in [-0.3, -0.25) is 4.79 Å². The first-order valence-corrected chi connectivity index (χ1v) is 12.4. The van der Waals surface area contributed by atoms with E-state index in [1.54, 1.807) is 16.2 Å². The molecule has 168 valence electrons. The van der Waals surface area contributed by atoms with E-state index < -0.39 is 0 Å². The summed E-state index contributed by atoms with van der Waals surface area (Å²) >= 11 is 1.69. The number of quaternary nitrogens is 1. The Hall–Kier alpha value is -2.63. The van der Waals surface area contributed by atoms with Crippen LogP contribution in [-0.4, -0.2) is 25.6 Å². The summed E-state index contributed by atoms with van der Waals surface area (Å²) in [6, 6.07) is 18.2. The summed E-state index contributed by atoms with van der Waals surface area (Å²) in [6.07, 6.45) is 3.80. The van der Waals surface area contributed by atoms with Gasteiger partial charge in [-0.15, -0.1) is 11.3 Å². The molecule has 2 N–H and O–H groups in total.